The van der Waals surface area contributed by atoms with Crippen molar-refractivity contribution in [3.05, 3.63) is 48.6 Å². The van der Waals surface area contributed by atoms with Gasteiger partial charge in [-0.2, -0.15) is 0 Å². The van der Waals surface area contributed by atoms with E-state index in [4.69, 9.17) is 15.9 Å². The first kappa shape index (κ1) is 32.6. The van der Waals surface area contributed by atoms with E-state index in [1.54, 1.807) is 48.6 Å². The van der Waals surface area contributed by atoms with E-state index < -0.39 is 47.9 Å². The molecule has 0 fully saturated rings. The van der Waals surface area contributed by atoms with Crippen molar-refractivity contribution in [3.8, 4) is 0 Å². The second-order valence-electron chi connectivity index (χ2n) is 7.97. The van der Waals surface area contributed by atoms with Crippen molar-refractivity contribution in [1.29, 1.82) is 0 Å². The highest BCUT2D eigenvalue weighted by Crippen LogP contribution is 2.21. The van der Waals surface area contributed by atoms with Crippen molar-refractivity contribution >= 4 is 29.6 Å². The average molecular weight is 513 g/mol. The van der Waals surface area contributed by atoms with Gasteiger partial charge < -0.3 is 31.5 Å². The summed E-state index contributed by atoms with van der Waals surface area (Å²) in [6.45, 7) is 1.59. The Morgan fingerprint density at radius 3 is 2.11 bits per heavy atom. The van der Waals surface area contributed by atoms with Gasteiger partial charge in [0.2, 0.25) is 5.91 Å². The summed E-state index contributed by atoms with van der Waals surface area (Å²) in [4.78, 5) is 33.2. The molecule has 0 aromatic heterocycles. The summed E-state index contributed by atoms with van der Waals surface area (Å²) in [7, 11) is 0. The van der Waals surface area contributed by atoms with E-state index in [0.717, 1.165) is 25.7 Å². The van der Waals surface area contributed by atoms with E-state index in [-0.39, 0.29) is 18.6 Å². The molecule has 1 amide bonds. The first-order valence-electron chi connectivity index (χ1n) is 11.8. The minimum absolute atomic E-state index is 0.0548. The second-order valence-corrected chi connectivity index (χ2v) is 9.18. The van der Waals surface area contributed by atoms with E-state index >= 15 is 0 Å². The van der Waals surface area contributed by atoms with Gasteiger partial charge in [-0.25, -0.2) is 0 Å². The standard InChI is InChI=1S/C25H40N2O7S/c1-2-3-8-12-19(28)13-9-6-4-5-7-10-15-22(21(29)14-11-16-23(30)31)35-18-20(26)25(34)27-17-24(32)33/h4-7,9-10,13,15,19-22,28-29H,2-3,8,11-12,14,16-18,26H2,1H3,(H,27,34)(H,30,31)(H,32,33)/b6-4-,7-5+,13-9+,15-10+/t19-,20-,21+,22-/m0/s1. The number of carbonyl (C=O) groups excluding carboxylic acids is 1. The van der Waals surface area contributed by atoms with Crippen molar-refractivity contribution in [1.82, 2.24) is 5.32 Å². The summed E-state index contributed by atoms with van der Waals surface area (Å²) >= 11 is 1.23. The zero-order valence-corrected chi connectivity index (χ0v) is 21.1. The molecule has 0 aliphatic carbocycles. The number of carboxylic acids is 2. The molecule has 10 heteroatoms. The van der Waals surface area contributed by atoms with E-state index in [0.29, 0.717) is 6.42 Å². The third-order valence-electron chi connectivity index (χ3n) is 4.78. The fraction of sp³-hybridized carbons (Fsp3) is 0.560. The van der Waals surface area contributed by atoms with Crippen LogP contribution in [0, 0.1) is 0 Å². The van der Waals surface area contributed by atoms with Crippen molar-refractivity contribution < 1.29 is 34.8 Å². The highest BCUT2D eigenvalue weighted by atomic mass is 32.2. The number of allylic oxidation sites excluding steroid dienone is 6. The van der Waals surface area contributed by atoms with Crippen LogP contribution in [0.2, 0.25) is 0 Å². The minimum atomic E-state index is -1.17. The van der Waals surface area contributed by atoms with Crippen molar-refractivity contribution in [3.63, 3.8) is 0 Å². The lowest BCUT2D eigenvalue weighted by Crippen LogP contribution is -2.44. The molecule has 0 bridgehead atoms. The first-order chi connectivity index (χ1) is 16.7. The molecule has 0 heterocycles. The van der Waals surface area contributed by atoms with Gasteiger partial charge in [0.15, 0.2) is 0 Å². The molecular formula is C25H40N2O7S. The molecule has 0 aromatic rings. The number of amides is 1. The van der Waals surface area contributed by atoms with Crippen LogP contribution in [0.25, 0.3) is 0 Å². The van der Waals surface area contributed by atoms with Gasteiger partial charge in [-0.1, -0.05) is 74.8 Å². The smallest absolute Gasteiger partial charge is 0.322 e. The molecular weight excluding hydrogens is 472 g/mol. The van der Waals surface area contributed by atoms with Crippen LogP contribution in [0.4, 0.5) is 0 Å². The summed E-state index contributed by atoms with van der Waals surface area (Å²) < 4.78 is 0. The SMILES string of the molecule is CCCCC[C@H](O)/C=C/C=C\C=C\C=C\[C@H](SC[C@H](N)C(=O)NCC(=O)O)[C@H](O)CCCC(=O)O. The van der Waals surface area contributed by atoms with Gasteiger partial charge in [0.05, 0.1) is 18.2 Å². The number of hydrogen-bond acceptors (Lipinski definition) is 7. The van der Waals surface area contributed by atoms with Crippen LogP contribution in [-0.2, 0) is 14.4 Å². The Morgan fingerprint density at radius 2 is 1.51 bits per heavy atom. The number of aliphatic carboxylic acids is 2. The predicted molar refractivity (Wildman–Crippen MR) is 139 cm³/mol. The number of nitrogens with one attached hydrogen (secondary N) is 1. The molecule has 4 atom stereocenters. The summed E-state index contributed by atoms with van der Waals surface area (Å²) in [5, 5.41) is 39.5. The number of aliphatic hydroxyl groups is 2. The lowest BCUT2D eigenvalue weighted by molar-refractivity contribution is -0.138. The van der Waals surface area contributed by atoms with Crippen LogP contribution in [0.3, 0.4) is 0 Å². The van der Waals surface area contributed by atoms with Crippen LogP contribution < -0.4 is 11.1 Å². The quantitative estimate of drug-likeness (QED) is 0.106. The van der Waals surface area contributed by atoms with Gasteiger partial charge in [-0.3, -0.25) is 14.4 Å². The van der Waals surface area contributed by atoms with Crippen LogP contribution in [-0.4, -0.2) is 74.1 Å². The van der Waals surface area contributed by atoms with E-state index in [1.165, 1.54) is 11.8 Å². The lowest BCUT2D eigenvalue weighted by atomic mass is 10.1. The Balaban J connectivity index is 4.81. The van der Waals surface area contributed by atoms with Crippen LogP contribution in [0.1, 0.15) is 51.9 Å². The van der Waals surface area contributed by atoms with Crippen LogP contribution >= 0.6 is 11.8 Å². The number of aliphatic hydroxyl groups excluding tert-OH is 2. The molecule has 0 rings (SSSR count). The Hall–Kier alpha value is -2.40. The molecule has 0 saturated heterocycles. The minimum Gasteiger partial charge on any atom is -0.481 e. The monoisotopic (exact) mass is 512 g/mol. The molecule has 7 N–H and O–H groups in total. The summed E-state index contributed by atoms with van der Waals surface area (Å²) in [5.74, 6) is -2.57. The maximum atomic E-state index is 11.9. The Labute approximate surface area is 211 Å². The number of nitrogens with two attached hydrogens (primary N) is 1. The van der Waals surface area contributed by atoms with Gasteiger partial charge in [-0.05, 0) is 19.3 Å². The molecule has 0 aliphatic rings. The molecule has 0 unspecified atom stereocenters. The van der Waals surface area contributed by atoms with E-state index in [2.05, 4.69) is 12.2 Å². The van der Waals surface area contributed by atoms with Gasteiger partial charge in [-0.15, -0.1) is 11.8 Å². The molecule has 0 spiro atoms. The van der Waals surface area contributed by atoms with E-state index in [1.807, 2.05) is 0 Å². The number of thioether (sulfide) groups is 1. The molecule has 35 heavy (non-hydrogen) atoms. The van der Waals surface area contributed by atoms with E-state index in [9.17, 15) is 24.6 Å². The fourth-order valence-corrected chi connectivity index (χ4v) is 3.97. The van der Waals surface area contributed by atoms with Gasteiger partial charge in [0, 0.05) is 17.4 Å². The fourth-order valence-electron chi connectivity index (χ4n) is 2.83. The largest absolute Gasteiger partial charge is 0.481 e. The topological polar surface area (TPSA) is 170 Å². The summed E-state index contributed by atoms with van der Waals surface area (Å²) in [6.07, 6.45) is 17.3. The van der Waals surface area contributed by atoms with Gasteiger partial charge in [0.1, 0.15) is 6.54 Å². The number of hydrogen-bond donors (Lipinski definition) is 6. The molecule has 0 saturated carbocycles. The van der Waals surface area contributed by atoms with Gasteiger partial charge >= 0.3 is 11.9 Å². The maximum Gasteiger partial charge on any atom is 0.322 e. The zero-order chi connectivity index (χ0) is 26.5. The molecule has 0 aromatic carbocycles. The molecule has 198 valence electrons. The van der Waals surface area contributed by atoms with Crippen LogP contribution in [0.5, 0.6) is 0 Å². The predicted octanol–water partition coefficient (Wildman–Crippen LogP) is 2.40. The molecule has 0 radical (unpaired) electrons. The zero-order valence-electron chi connectivity index (χ0n) is 20.3. The highest BCUT2D eigenvalue weighted by molar-refractivity contribution is 8.00. The summed E-state index contributed by atoms with van der Waals surface area (Å²) in [5.41, 5.74) is 5.81. The van der Waals surface area contributed by atoms with Gasteiger partial charge in [0.25, 0.3) is 0 Å². The lowest BCUT2D eigenvalue weighted by Gasteiger charge is -2.21. The number of carbonyl (C=O) groups is 3. The molecule has 0 aliphatic heterocycles. The Bertz CT molecular complexity index is 737. The maximum absolute atomic E-state index is 11.9. The normalized spacial score (nSPS) is 15.7. The highest BCUT2D eigenvalue weighted by Gasteiger charge is 2.21. The number of unbranched alkanes of at least 4 members (excludes halogenated alkanes) is 2. The Kier molecular flexibility index (Phi) is 19.5. The third-order valence-corrected chi connectivity index (χ3v) is 6.19. The summed E-state index contributed by atoms with van der Waals surface area (Å²) in [6, 6.07) is -0.955. The Morgan fingerprint density at radius 1 is 0.886 bits per heavy atom. The average Bonchev–Trinajstić information content (AvgIpc) is 2.80. The first-order valence-corrected chi connectivity index (χ1v) is 12.8. The van der Waals surface area contributed by atoms with Crippen LogP contribution in [0.15, 0.2) is 48.6 Å². The number of carboxylic acid groups (broad SMARTS) is 2. The van der Waals surface area contributed by atoms with Crippen molar-refractivity contribution in [2.45, 2.75) is 75.4 Å². The van der Waals surface area contributed by atoms with Crippen molar-refractivity contribution in [2.75, 3.05) is 12.3 Å². The second kappa shape index (κ2) is 20.9. The number of rotatable bonds is 20. The van der Waals surface area contributed by atoms with Crippen molar-refractivity contribution in [2.24, 2.45) is 5.73 Å². The molecule has 9 nitrogen and oxygen atoms in total. The third kappa shape index (κ3) is 19.6.